The molecule has 118 valence electrons. The predicted octanol–water partition coefficient (Wildman–Crippen LogP) is 3.17. The maximum Gasteiger partial charge on any atom is 0.0525 e. The standard InChI is InChI=1S/C15H25N5.ClH/c1-4-10-19-14(6-8-17-19)11-16-12-15-7-9-18-20(15)13(3)5-2;/h6-9,13,16H,4-5,10-12H2,1-3H3;1H. The molecule has 0 aromatic carbocycles. The van der Waals surface area contributed by atoms with Crippen LogP contribution in [-0.4, -0.2) is 19.6 Å². The molecular formula is C15H26ClN5. The molecule has 0 amide bonds. The van der Waals surface area contributed by atoms with E-state index in [2.05, 4.69) is 57.8 Å². The number of aryl methyl sites for hydroxylation is 1. The van der Waals surface area contributed by atoms with Crippen LogP contribution in [0.4, 0.5) is 0 Å². The first kappa shape index (κ1) is 17.7. The van der Waals surface area contributed by atoms with E-state index in [4.69, 9.17) is 0 Å². The fourth-order valence-corrected chi connectivity index (χ4v) is 2.29. The van der Waals surface area contributed by atoms with E-state index in [1.807, 2.05) is 12.4 Å². The van der Waals surface area contributed by atoms with E-state index in [1.54, 1.807) is 0 Å². The lowest BCUT2D eigenvalue weighted by molar-refractivity contribution is 0.449. The van der Waals surface area contributed by atoms with E-state index in [0.29, 0.717) is 6.04 Å². The van der Waals surface area contributed by atoms with Gasteiger partial charge in [0.2, 0.25) is 0 Å². The number of halogens is 1. The number of hydrogen-bond donors (Lipinski definition) is 1. The van der Waals surface area contributed by atoms with Gasteiger partial charge in [0.15, 0.2) is 0 Å². The summed E-state index contributed by atoms with van der Waals surface area (Å²) in [5.41, 5.74) is 2.47. The molecule has 0 fully saturated rings. The van der Waals surface area contributed by atoms with Gasteiger partial charge in [-0.2, -0.15) is 10.2 Å². The zero-order chi connectivity index (χ0) is 14.4. The molecule has 0 spiro atoms. The maximum absolute atomic E-state index is 4.41. The van der Waals surface area contributed by atoms with Gasteiger partial charge in [-0.15, -0.1) is 12.4 Å². The average Bonchev–Trinajstić information content (AvgIpc) is 3.08. The summed E-state index contributed by atoms with van der Waals surface area (Å²) in [5, 5.41) is 12.2. The Kier molecular flexibility index (Phi) is 7.47. The SMILES string of the molecule is CCCn1nccc1CNCc1ccnn1C(C)CC.Cl. The Morgan fingerprint density at radius 2 is 1.76 bits per heavy atom. The first-order valence-electron chi connectivity index (χ1n) is 7.50. The molecule has 1 unspecified atom stereocenters. The van der Waals surface area contributed by atoms with Crippen LogP contribution in [0.15, 0.2) is 24.5 Å². The van der Waals surface area contributed by atoms with Crippen molar-refractivity contribution in [2.45, 2.75) is 59.3 Å². The second kappa shape index (κ2) is 8.85. The summed E-state index contributed by atoms with van der Waals surface area (Å²) < 4.78 is 4.18. The molecule has 0 bridgehead atoms. The fraction of sp³-hybridized carbons (Fsp3) is 0.600. The highest BCUT2D eigenvalue weighted by Crippen LogP contribution is 2.12. The summed E-state index contributed by atoms with van der Waals surface area (Å²) in [4.78, 5) is 0. The Morgan fingerprint density at radius 1 is 1.10 bits per heavy atom. The van der Waals surface area contributed by atoms with Crippen LogP contribution >= 0.6 is 12.4 Å². The first-order valence-corrected chi connectivity index (χ1v) is 7.50. The van der Waals surface area contributed by atoms with Gasteiger partial charge in [0.05, 0.1) is 11.4 Å². The summed E-state index contributed by atoms with van der Waals surface area (Å²) in [6, 6.07) is 4.62. The molecule has 0 saturated carbocycles. The number of hydrogen-bond acceptors (Lipinski definition) is 3. The largest absolute Gasteiger partial charge is 0.306 e. The van der Waals surface area contributed by atoms with Crippen molar-refractivity contribution in [1.82, 2.24) is 24.9 Å². The number of nitrogens with one attached hydrogen (secondary N) is 1. The monoisotopic (exact) mass is 311 g/mol. The van der Waals surface area contributed by atoms with Gasteiger partial charge in [-0.3, -0.25) is 9.36 Å². The Labute approximate surface area is 133 Å². The van der Waals surface area contributed by atoms with Crippen molar-refractivity contribution in [3.8, 4) is 0 Å². The maximum atomic E-state index is 4.41. The minimum atomic E-state index is 0. The summed E-state index contributed by atoms with van der Waals surface area (Å²) in [7, 11) is 0. The van der Waals surface area contributed by atoms with Crippen LogP contribution in [0.25, 0.3) is 0 Å². The van der Waals surface area contributed by atoms with Gasteiger partial charge in [-0.1, -0.05) is 13.8 Å². The molecule has 2 aromatic heterocycles. The molecule has 0 saturated heterocycles. The van der Waals surface area contributed by atoms with Crippen LogP contribution in [0.2, 0.25) is 0 Å². The van der Waals surface area contributed by atoms with E-state index in [1.165, 1.54) is 11.4 Å². The molecule has 0 radical (unpaired) electrons. The minimum Gasteiger partial charge on any atom is -0.306 e. The Balaban J connectivity index is 0.00000220. The lowest BCUT2D eigenvalue weighted by atomic mass is 10.2. The highest BCUT2D eigenvalue weighted by molar-refractivity contribution is 5.85. The Hall–Kier alpha value is -1.33. The molecule has 6 heteroatoms. The molecule has 0 aliphatic carbocycles. The molecule has 2 aromatic rings. The van der Waals surface area contributed by atoms with Gasteiger partial charge in [0, 0.05) is 38.1 Å². The molecule has 5 nitrogen and oxygen atoms in total. The normalized spacial score (nSPS) is 12.1. The minimum absolute atomic E-state index is 0. The van der Waals surface area contributed by atoms with Crippen LogP contribution < -0.4 is 5.32 Å². The van der Waals surface area contributed by atoms with Crippen molar-refractivity contribution in [2.24, 2.45) is 0 Å². The van der Waals surface area contributed by atoms with Gasteiger partial charge in [-0.25, -0.2) is 0 Å². The molecule has 1 atom stereocenters. The topological polar surface area (TPSA) is 47.7 Å². The molecule has 2 heterocycles. The molecule has 21 heavy (non-hydrogen) atoms. The van der Waals surface area contributed by atoms with E-state index < -0.39 is 0 Å². The van der Waals surface area contributed by atoms with Gasteiger partial charge in [-0.05, 0) is 31.9 Å². The second-order valence-electron chi connectivity index (χ2n) is 5.17. The highest BCUT2D eigenvalue weighted by atomic mass is 35.5. The van der Waals surface area contributed by atoms with Crippen molar-refractivity contribution in [1.29, 1.82) is 0 Å². The van der Waals surface area contributed by atoms with Gasteiger partial charge < -0.3 is 5.32 Å². The first-order chi connectivity index (χ1) is 9.76. The zero-order valence-corrected chi connectivity index (χ0v) is 13.9. The van der Waals surface area contributed by atoms with E-state index in [-0.39, 0.29) is 12.4 Å². The molecular weight excluding hydrogens is 286 g/mol. The van der Waals surface area contributed by atoms with Crippen LogP contribution in [0.1, 0.15) is 51.0 Å². The van der Waals surface area contributed by atoms with Crippen LogP contribution in [0.5, 0.6) is 0 Å². The Morgan fingerprint density at radius 3 is 2.48 bits per heavy atom. The number of rotatable bonds is 8. The predicted molar refractivity (Wildman–Crippen MR) is 87.5 cm³/mol. The molecule has 2 rings (SSSR count). The third-order valence-corrected chi connectivity index (χ3v) is 3.61. The van der Waals surface area contributed by atoms with Gasteiger partial charge in [0.1, 0.15) is 0 Å². The Bertz CT molecular complexity index is 520. The summed E-state index contributed by atoms with van der Waals surface area (Å²) in [6.45, 7) is 9.21. The number of nitrogens with zero attached hydrogens (tertiary/aromatic N) is 4. The second-order valence-corrected chi connectivity index (χ2v) is 5.17. The van der Waals surface area contributed by atoms with Crippen LogP contribution in [-0.2, 0) is 19.6 Å². The smallest absolute Gasteiger partial charge is 0.0525 e. The van der Waals surface area contributed by atoms with Gasteiger partial charge >= 0.3 is 0 Å². The highest BCUT2D eigenvalue weighted by Gasteiger charge is 2.08. The molecule has 0 aliphatic heterocycles. The average molecular weight is 312 g/mol. The lowest BCUT2D eigenvalue weighted by Gasteiger charge is -2.14. The van der Waals surface area contributed by atoms with Crippen LogP contribution in [0, 0.1) is 0 Å². The molecule has 0 aliphatic rings. The summed E-state index contributed by atoms with van der Waals surface area (Å²) in [5.74, 6) is 0. The fourth-order valence-electron chi connectivity index (χ4n) is 2.29. The van der Waals surface area contributed by atoms with Crippen molar-refractivity contribution in [3.05, 3.63) is 35.9 Å². The summed E-state index contributed by atoms with van der Waals surface area (Å²) in [6.07, 6.45) is 5.95. The molecule has 1 N–H and O–H groups in total. The van der Waals surface area contributed by atoms with Crippen molar-refractivity contribution in [2.75, 3.05) is 0 Å². The third kappa shape index (κ3) is 4.58. The van der Waals surface area contributed by atoms with Crippen LogP contribution in [0.3, 0.4) is 0 Å². The van der Waals surface area contributed by atoms with Gasteiger partial charge in [0.25, 0.3) is 0 Å². The number of aromatic nitrogens is 4. The summed E-state index contributed by atoms with van der Waals surface area (Å²) >= 11 is 0. The van der Waals surface area contributed by atoms with Crippen molar-refractivity contribution in [3.63, 3.8) is 0 Å². The lowest BCUT2D eigenvalue weighted by Crippen LogP contribution is -2.20. The van der Waals surface area contributed by atoms with E-state index in [0.717, 1.165) is 32.5 Å². The van der Waals surface area contributed by atoms with Crippen molar-refractivity contribution < 1.29 is 0 Å². The van der Waals surface area contributed by atoms with E-state index >= 15 is 0 Å². The third-order valence-electron chi connectivity index (χ3n) is 3.61. The quantitative estimate of drug-likeness (QED) is 0.814. The zero-order valence-electron chi connectivity index (χ0n) is 13.1. The van der Waals surface area contributed by atoms with Crippen molar-refractivity contribution >= 4 is 12.4 Å². The van der Waals surface area contributed by atoms with E-state index in [9.17, 15) is 0 Å².